The molecule has 0 aromatic heterocycles. The first-order chi connectivity index (χ1) is 11.8. The lowest BCUT2D eigenvalue weighted by molar-refractivity contribution is -0.123. The number of ether oxygens (including phenoxy) is 1. The molecule has 0 atom stereocenters. The Morgan fingerprint density at radius 1 is 1.28 bits per heavy atom. The molecule has 6 nitrogen and oxygen atoms in total. The number of rotatable bonds is 5. The number of carbonyl (C=O) groups excluding carboxylic acids is 1. The molecule has 2 aromatic rings. The zero-order valence-corrected chi connectivity index (χ0v) is 16.7. The first-order valence-corrected chi connectivity index (χ1v) is 8.80. The number of halogens is 2. The SMILES string of the molecule is Cc1cccc(OCC(=O)N/N=C\c2cc(Br)c(O)c(Br)c2O)c1C. The highest BCUT2D eigenvalue weighted by Crippen LogP contribution is 2.40. The maximum Gasteiger partial charge on any atom is 0.277 e. The smallest absolute Gasteiger partial charge is 0.277 e. The zero-order chi connectivity index (χ0) is 18.6. The van der Waals surface area contributed by atoms with Crippen LogP contribution < -0.4 is 10.2 Å². The van der Waals surface area contributed by atoms with Gasteiger partial charge < -0.3 is 14.9 Å². The van der Waals surface area contributed by atoms with E-state index in [-0.39, 0.29) is 22.6 Å². The van der Waals surface area contributed by atoms with Crippen LogP contribution in [0.2, 0.25) is 0 Å². The van der Waals surface area contributed by atoms with E-state index < -0.39 is 5.91 Å². The van der Waals surface area contributed by atoms with Gasteiger partial charge in [0.25, 0.3) is 5.91 Å². The molecule has 25 heavy (non-hydrogen) atoms. The molecular weight excluding hydrogens is 456 g/mol. The second-order valence-corrected chi connectivity index (χ2v) is 6.89. The van der Waals surface area contributed by atoms with Crippen LogP contribution in [0.25, 0.3) is 0 Å². The molecule has 0 aliphatic heterocycles. The van der Waals surface area contributed by atoms with Gasteiger partial charge >= 0.3 is 0 Å². The summed E-state index contributed by atoms with van der Waals surface area (Å²) in [4.78, 5) is 11.8. The number of nitrogens with zero attached hydrogens (tertiary/aromatic N) is 1. The van der Waals surface area contributed by atoms with Gasteiger partial charge in [0, 0.05) is 5.56 Å². The molecule has 0 heterocycles. The minimum absolute atomic E-state index is 0.124. The van der Waals surface area contributed by atoms with Gasteiger partial charge in [-0.3, -0.25) is 4.79 Å². The Kier molecular flexibility index (Phi) is 6.44. The van der Waals surface area contributed by atoms with E-state index in [4.69, 9.17) is 4.74 Å². The van der Waals surface area contributed by atoms with E-state index in [1.165, 1.54) is 12.3 Å². The number of carbonyl (C=O) groups is 1. The zero-order valence-electron chi connectivity index (χ0n) is 13.5. The number of hydrogen-bond donors (Lipinski definition) is 3. The Labute approximate surface area is 161 Å². The topological polar surface area (TPSA) is 91.2 Å². The fourth-order valence-electron chi connectivity index (χ4n) is 1.95. The summed E-state index contributed by atoms with van der Waals surface area (Å²) < 4.78 is 5.99. The summed E-state index contributed by atoms with van der Waals surface area (Å²) in [6.07, 6.45) is 1.26. The average Bonchev–Trinajstić information content (AvgIpc) is 2.58. The monoisotopic (exact) mass is 470 g/mol. The number of phenols is 2. The first kappa shape index (κ1) is 19.3. The molecule has 8 heteroatoms. The van der Waals surface area contributed by atoms with Crippen molar-refractivity contribution in [2.75, 3.05) is 6.61 Å². The van der Waals surface area contributed by atoms with E-state index in [0.29, 0.717) is 15.8 Å². The van der Waals surface area contributed by atoms with Crippen molar-refractivity contribution < 1.29 is 19.7 Å². The van der Waals surface area contributed by atoms with E-state index in [0.717, 1.165) is 11.1 Å². The van der Waals surface area contributed by atoms with Gasteiger partial charge in [-0.1, -0.05) is 12.1 Å². The Morgan fingerprint density at radius 3 is 2.72 bits per heavy atom. The maximum absolute atomic E-state index is 11.8. The Morgan fingerprint density at radius 2 is 2.00 bits per heavy atom. The van der Waals surface area contributed by atoms with Crippen LogP contribution in [0.15, 0.2) is 38.3 Å². The van der Waals surface area contributed by atoms with Crippen molar-refractivity contribution in [2.45, 2.75) is 13.8 Å². The van der Waals surface area contributed by atoms with Gasteiger partial charge in [0.2, 0.25) is 0 Å². The van der Waals surface area contributed by atoms with Crippen LogP contribution in [0.4, 0.5) is 0 Å². The number of hydrogen-bond acceptors (Lipinski definition) is 5. The largest absolute Gasteiger partial charge is 0.506 e. The summed E-state index contributed by atoms with van der Waals surface area (Å²) in [6, 6.07) is 7.09. The molecule has 1 amide bonds. The van der Waals surface area contributed by atoms with Crippen molar-refractivity contribution in [3.05, 3.63) is 49.9 Å². The minimum atomic E-state index is -0.437. The number of nitrogens with one attached hydrogen (secondary N) is 1. The van der Waals surface area contributed by atoms with E-state index in [1.807, 2.05) is 26.0 Å². The second kappa shape index (κ2) is 8.35. The van der Waals surface area contributed by atoms with Crippen molar-refractivity contribution in [2.24, 2.45) is 5.10 Å². The molecule has 132 valence electrons. The highest BCUT2D eigenvalue weighted by molar-refractivity contribution is 9.11. The Bertz CT molecular complexity index is 838. The molecule has 0 bridgehead atoms. The van der Waals surface area contributed by atoms with Gasteiger partial charge in [0.1, 0.15) is 21.7 Å². The molecule has 2 aromatic carbocycles. The van der Waals surface area contributed by atoms with Gasteiger partial charge in [0.15, 0.2) is 6.61 Å². The third-order valence-electron chi connectivity index (χ3n) is 3.50. The summed E-state index contributed by atoms with van der Waals surface area (Å²) in [6.45, 7) is 3.70. The lowest BCUT2D eigenvalue weighted by atomic mass is 10.1. The normalized spacial score (nSPS) is 10.9. The first-order valence-electron chi connectivity index (χ1n) is 7.22. The predicted molar refractivity (Wildman–Crippen MR) is 102 cm³/mol. The van der Waals surface area contributed by atoms with Crippen molar-refractivity contribution in [3.63, 3.8) is 0 Å². The molecule has 0 spiro atoms. The lowest BCUT2D eigenvalue weighted by Gasteiger charge is -2.10. The van der Waals surface area contributed by atoms with Crippen LogP contribution in [0.3, 0.4) is 0 Å². The third kappa shape index (κ3) is 4.73. The van der Waals surface area contributed by atoms with E-state index in [1.54, 1.807) is 6.07 Å². The standard InChI is InChI=1S/C17H16Br2N2O4/c1-9-4-3-5-13(10(9)2)25-8-14(22)21-20-7-11-6-12(18)17(24)15(19)16(11)23/h3-7,23-24H,8H2,1-2H3,(H,21,22)/b20-7-. The summed E-state index contributed by atoms with van der Waals surface area (Å²) >= 11 is 6.22. The minimum Gasteiger partial charge on any atom is -0.506 e. The molecule has 0 aliphatic carbocycles. The summed E-state index contributed by atoms with van der Waals surface area (Å²) in [5.41, 5.74) is 4.68. The lowest BCUT2D eigenvalue weighted by Crippen LogP contribution is -2.24. The highest BCUT2D eigenvalue weighted by Gasteiger charge is 2.13. The number of hydrazone groups is 1. The maximum atomic E-state index is 11.8. The van der Waals surface area contributed by atoms with E-state index >= 15 is 0 Å². The number of phenolic OH excluding ortho intramolecular Hbond substituents is 2. The predicted octanol–water partition coefficient (Wildman–Crippen LogP) is 3.77. The van der Waals surface area contributed by atoms with Crippen LogP contribution in [0.5, 0.6) is 17.2 Å². The van der Waals surface area contributed by atoms with Crippen molar-refractivity contribution in [1.82, 2.24) is 5.43 Å². The van der Waals surface area contributed by atoms with Crippen LogP contribution in [-0.2, 0) is 4.79 Å². The highest BCUT2D eigenvalue weighted by atomic mass is 79.9. The second-order valence-electron chi connectivity index (χ2n) is 5.24. The number of aromatic hydroxyl groups is 2. The molecule has 0 fully saturated rings. The van der Waals surface area contributed by atoms with Gasteiger partial charge in [-0.15, -0.1) is 0 Å². The fraction of sp³-hybridized carbons (Fsp3) is 0.176. The quantitative estimate of drug-likeness (QED) is 0.457. The number of amides is 1. The third-order valence-corrected chi connectivity index (χ3v) is 4.86. The Hall–Kier alpha value is -2.06. The van der Waals surface area contributed by atoms with Gasteiger partial charge in [-0.05, 0) is 69.0 Å². The average molecular weight is 472 g/mol. The van der Waals surface area contributed by atoms with Gasteiger partial charge in [-0.25, -0.2) is 5.43 Å². The fourth-order valence-corrected chi connectivity index (χ4v) is 3.10. The number of benzene rings is 2. The van der Waals surface area contributed by atoms with Crippen LogP contribution >= 0.6 is 31.9 Å². The number of aryl methyl sites for hydroxylation is 1. The summed E-state index contributed by atoms with van der Waals surface area (Å²) in [7, 11) is 0. The molecule has 0 saturated carbocycles. The van der Waals surface area contributed by atoms with Crippen molar-refractivity contribution in [3.8, 4) is 17.2 Å². The van der Waals surface area contributed by atoms with Gasteiger partial charge in [-0.2, -0.15) is 5.10 Å². The molecule has 0 unspecified atom stereocenters. The molecular formula is C17H16Br2N2O4. The summed E-state index contributed by atoms with van der Waals surface area (Å²) in [5.74, 6) is -0.109. The van der Waals surface area contributed by atoms with Crippen molar-refractivity contribution in [1.29, 1.82) is 0 Å². The van der Waals surface area contributed by atoms with Crippen LogP contribution in [0.1, 0.15) is 16.7 Å². The van der Waals surface area contributed by atoms with Crippen LogP contribution in [-0.4, -0.2) is 28.9 Å². The van der Waals surface area contributed by atoms with E-state index in [9.17, 15) is 15.0 Å². The van der Waals surface area contributed by atoms with E-state index in [2.05, 4.69) is 42.4 Å². The molecule has 0 aliphatic rings. The summed E-state index contributed by atoms with van der Waals surface area (Å²) in [5, 5.41) is 23.4. The molecule has 3 N–H and O–H groups in total. The molecule has 2 rings (SSSR count). The van der Waals surface area contributed by atoms with Crippen LogP contribution in [0, 0.1) is 13.8 Å². The van der Waals surface area contributed by atoms with Gasteiger partial charge in [0.05, 0.1) is 10.7 Å². The molecule has 0 saturated heterocycles. The van der Waals surface area contributed by atoms with Crippen molar-refractivity contribution >= 4 is 44.0 Å². The molecule has 0 radical (unpaired) electrons. The Balaban J connectivity index is 1.96.